The highest BCUT2D eigenvalue weighted by molar-refractivity contribution is 7.20. The first kappa shape index (κ1) is 18.8. The summed E-state index contributed by atoms with van der Waals surface area (Å²) in [6, 6.07) is 17.7. The number of hydrogen-bond donors (Lipinski definition) is 1. The minimum absolute atomic E-state index is 0.151. The standard InChI is InChI=1S/C22H21N5O2S/c1-15(24-26-11-13-29-14-12-26)19-20(16-7-3-2-4-8-16)25-27(21(19)28)22-23-17-9-5-6-10-18(17)30-22/h2-10,25H,11-14H2,1H3. The number of fused-ring (bicyclic) bond motifs is 1. The normalized spacial score (nSPS) is 15.1. The van der Waals surface area contributed by atoms with Crippen molar-refractivity contribution in [1.82, 2.24) is 19.8 Å². The lowest BCUT2D eigenvalue weighted by Gasteiger charge is -2.24. The molecule has 0 bridgehead atoms. The van der Waals surface area contributed by atoms with Crippen LogP contribution in [0.3, 0.4) is 0 Å². The second-order valence-electron chi connectivity index (χ2n) is 7.08. The molecule has 4 aromatic rings. The highest BCUT2D eigenvalue weighted by Crippen LogP contribution is 2.26. The molecule has 1 N–H and O–H groups in total. The van der Waals surface area contributed by atoms with Crippen molar-refractivity contribution in [3.8, 4) is 16.4 Å². The zero-order valence-corrected chi connectivity index (χ0v) is 17.4. The summed E-state index contributed by atoms with van der Waals surface area (Å²) in [6.45, 7) is 4.61. The first-order valence-corrected chi connectivity index (χ1v) is 10.7. The lowest BCUT2D eigenvalue weighted by Crippen LogP contribution is -2.33. The fourth-order valence-corrected chi connectivity index (χ4v) is 4.52. The molecule has 0 spiro atoms. The Morgan fingerprint density at radius 3 is 2.60 bits per heavy atom. The summed E-state index contributed by atoms with van der Waals surface area (Å²) in [5.74, 6) is 0. The van der Waals surface area contributed by atoms with Crippen LogP contribution in [0.2, 0.25) is 0 Å². The van der Waals surface area contributed by atoms with E-state index in [1.54, 1.807) is 0 Å². The molecule has 1 fully saturated rings. The van der Waals surface area contributed by atoms with Gasteiger partial charge >= 0.3 is 0 Å². The lowest BCUT2D eigenvalue weighted by atomic mass is 10.1. The van der Waals surface area contributed by atoms with E-state index in [0.717, 1.165) is 21.5 Å². The van der Waals surface area contributed by atoms with Gasteiger partial charge in [-0.25, -0.2) is 4.98 Å². The number of para-hydroxylation sites is 1. The third kappa shape index (κ3) is 3.44. The van der Waals surface area contributed by atoms with Gasteiger partial charge in [-0.05, 0) is 19.1 Å². The molecule has 0 unspecified atom stereocenters. The van der Waals surface area contributed by atoms with Gasteiger partial charge in [0.15, 0.2) is 0 Å². The van der Waals surface area contributed by atoms with Gasteiger partial charge in [0.05, 0.1) is 53.5 Å². The smallest absolute Gasteiger partial charge is 0.283 e. The number of benzene rings is 2. The number of hydrogen-bond acceptors (Lipinski definition) is 6. The van der Waals surface area contributed by atoms with Gasteiger partial charge in [-0.15, -0.1) is 0 Å². The van der Waals surface area contributed by atoms with Crippen LogP contribution in [0, 0.1) is 0 Å². The van der Waals surface area contributed by atoms with Crippen LogP contribution in [-0.4, -0.2) is 51.8 Å². The number of rotatable bonds is 4. The van der Waals surface area contributed by atoms with Crippen LogP contribution in [0.15, 0.2) is 64.5 Å². The van der Waals surface area contributed by atoms with Crippen molar-refractivity contribution in [3.63, 3.8) is 0 Å². The van der Waals surface area contributed by atoms with E-state index in [4.69, 9.17) is 9.84 Å². The first-order valence-electron chi connectivity index (χ1n) is 9.85. The van der Waals surface area contributed by atoms with Crippen molar-refractivity contribution in [2.24, 2.45) is 5.10 Å². The minimum atomic E-state index is -0.151. The average molecular weight is 420 g/mol. The number of aromatic amines is 1. The summed E-state index contributed by atoms with van der Waals surface area (Å²) in [5.41, 5.74) is 3.64. The van der Waals surface area contributed by atoms with Crippen molar-refractivity contribution in [1.29, 1.82) is 0 Å². The average Bonchev–Trinajstić information content (AvgIpc) is 3.36. The Morgan fingerprint density at radius 1 is 1.10 bits per heavy atom. The molecule has 0 radical (unpaired) electrons. The van der Waals surface area contributed by atoms with Crippen molar-refractivity contribution < 1.29 is 4.74 Å². The summed E-state index contributed by atoms with van der Waals surface area (Å²) in [7, 11) is 0. The molecule has 0 amide bonds. The largest absolute Gasteiger partial charge is 0.378 e. The Kier molecular flexibility index (Phi) is 4.94. The third-order valence-corrected chi connectivity index (χ3v) is 6.09. The maximum Gasteiger partial charge on any atom is 0.283 e. The Morgan fingerprint density at radius 2 is 1.83 bits per heavy atom. The van der Waals surface area contributed by atoms with Gasteiger partial charge in [0.25, 0.3) is 5.56 Å². The summed E-state index contributed by atoms with van der Waals surface area (Å²) in [5, 5.41) is 10.6. The summed E-state index contributed by atoms with van der Waals surface area (Å²) < 4.78 is 7.97. The van der Waals surface area contributed by atoms with Gasteiger partial charge in [0.2, 0.25) is 5.13 Å². The van der Waals surface area contributed by atoms with Crippen molar-refractivity contribution in [2.75, 3.05) is 26.3 Å². The van der Waals surface area contributed by atoms with Crippen molar-refractivity contribution in [2.45, 2.75) is 6.92 Å². The van der Waals surface area contributed by atoms with Crippen LogP contribution in [0.4, 0.5) is 0 Å². The SMILES string of the molecule is CC(=NN1CCOCC1)c1c(-c2ccccc2)[nH]n(-c2nc3ccccc3s2)c1=O. The molecule has 0 atom stereocenters. The highest BCUT2D eigenvalue weighted by Gasteiger charge is 2.22. The zero-order valence-electron chi connectivity index (χ0n) is 16.5. The predicted molar refractivity (Wildman–Crippen MR) is 120 cm³/mol. The molecule has 0 aliphatic carbocycles. The molecule has 30 heavy (non-hydrogen) atoms. The van der Waals surface area contributed by atoms with E-state index in [-0.39, 0.29) is 5.56 Å². The van der Waals surface area contributed by atoms with Crippen molar-refractivity contribution in [3.05, 3.63) is 70.5 Å². The quantitative estimate of drug-likeness (QED) is 0.514. The van der Waals surface area contributed by atoms with Gasteiger partial charge < -0.3 is 4.74 Å². The minimum Gasteiger partial charge on any atom is -0.378 e. The van der Waals surface area contributed by atoms with E-state index in [1.807, 2.05) is 66.5 Å². The van der Waals surface area contributed by atoms with E-state index in [9.17, 15) is 4.79 Å². The number of nitrogens with one attached hydrogen (secondary N) is 1. The molecule has 2 aromatic heterocycles. The molecule has 3 heterocycles. The molecule has 5 rings (SSSR count). The van der Waals surface area contributed by atoms with E-state index in [1.165, 1.54) is 16.0 Å². The van der Waals surface area contributed by atoms with E-state index in [0.29, 0.717) is 42.7 Å². The molecule has 7 nitrogen and oxygen atoms in total. The Labute approximate surface area is 177 Å². The van der Waals surface area contributed by atoms with Crippen LogP contribution in [0.25, 0.3) is 26.6 Å². The van der Waals surface area contributed by atoms with E-state index in [2.05, 4.69) is 10.1 Å². The molecule has 0 saturated carbocycles. The molecule has 8 heteroatoms. The summed E-state index contributed by atoms with van der Waals surface area (Å²) >= 11 is 1.48. The zero-order chi connectivity index (χ0) is 20.5. The highest BCUT2D eigenvalue weighted by atomic mass is 32.1. The van der Waals surface area contributed by atoms with Crippen LogP contribution in [0.1, 0.15) is 12.5 Å². The maximum absolute atomic E-state index is 13.5. The number of thiazole rings is 1. The molecule has 1 aliphatic heterocycles. The van der Waals surface area contributed by atoms with Crippen molar-refractivity contribution >= 4 is 27.3 Å². The van der Waals surface area contributed by atoms with Gasteiger partial charge in [0, 0.05) is 5.56 Å². The van der Waals surface area contributed by atoms with Gasteiger partial charge in [-0.3, -0.25) is 14.9 Å². The van der Waals surface area contributed by atoms with E-state index >= 15 is 0 Å². The van der Waals surface area contributed by atoms with Crippen LogP contribution in [0.5, 0.6) is 0 Å². The Bertz CT molecular complexity index is 1230. The number of nitrogens with zero attached hydrogens (tertiary/aromatic N) is 4. The lowest BCUT2D eigenvalue weighted by molar-refractivity contribution is 0.0393. The topological polar surface area (TPSA) is 75.5 Å². The monoisotopic (exact) mass is 419 g/mol. The molecule has 1 saturated heterocycles. The Hall–Kier alpha value is -3.23. The third-order valence-electron chi connectivity index (χ3n) is 5.07. The van der Waals surface area contributed by atoms with E-state index < -0.39 is 0 Å². The molecular weight excluding hydrogens is 398 g/mol. The first-order chi connectivity index (χ1) is 14.7. The van der Waals surface area contributed by atoms with Crippen LogP contribution >= 0.6 is 11.3 Å². The molecule has 2 aromatic carbocycles. The van der Waals surface area contributed by atoms with Gasteiger partial charge in [0.1, 0.15) is 0 Å². The number of hydrazone groups is 1. The number of aromatic nitrogens is 3. The van der Waals surface area contributed by atoms with Crippen LogP contribution in [-0.2, 0) is 4.74 Å². The number of ether oxygens (including phenoxy) is 1. The summed E-state index contributed by atoms with van der Waals surface area (Å²) in [4.78, 5) is 18.1. The number of H-pyrrole nitrogens is 1. The Balaban J connectivity index is 1.66. The second kappa shape index (κ2) is 7.89. The van der Waals surface area contributed by atoms with Gasteiger partial charge in [-0.2, -0.15) is 9.78 Å². The number of morpholine rings is 1. The molecular formula is C22H21N5O2S. The summed E-state index contributed by atoms with van der Waals surface area (Å²) in [6.07, 6.45) is 0. The van der Waals surface area contributed by atoms with Crippen LogP contribution < -0.4 is 5.56 Å². The maximum atomic E-state index is 13.5. The second-order valence-corrected chi connectivity index (χ2v) is 8.09. The molecule has 1 aliphatic rings. The fraction of sp³-hybridized carbons (Fsp3) is 0.227. The van der Waals surface area contributed by atoms with Gasteiger partial charge in [-0.1, -0.05) is 53.8 Å². The predicted octanol–water partition coefficient (Wildman–Crippen LogP) is 3.50. The fourth-order valence-electron chi connectivity index (χ4n) is 3.59. The molecule has 152 valence electrons.